The van der Waals surface area contributed by atoms with Gasteiger partial charge in [0.25, 0.3) is 5.91 Å². The molecule has 1 heterocycles. The Balaban J connectivity index is 2.15. The molecule has 1 unspecified atom stereocenters. The van der Waals surface area contributed by atoms with Gasteiger partial charge in [-0.05, 0) is 45.0 Å². The first kappa shape index (κ1) is 18.2. The van der Waals surface area contributed by atoms with Gasteiger partial charge < -0.3 is 14.4 Å². The van der Waals surface area contributed by atoms with Crippen LogP contribution in [0.15, 0.2) is 24.3 Å². The summed E-state index contributed by atoms with van der Waals surface area (Å²) < 4.78 is 23.8. The van der Waals surface area contributed by atoms with Gasteiger partial charge in [-0.3, -0.25) is 9.69 Å². The van der Waals surface area contributed by atoms with Gasteiger partial charge in [-0.25, -0.2) is 9.18 Å². The number of anilines is 1. The average Bonchev–Trinajstić information content (AvgIpc) is 2.52. The van der Waals surface area contributed by atoms with Gasteiger partial charge in [-0.1, -0.05) is 0 Å². The van der Waals surface area contributed by atoms with E-state index in [4.69, 9.17) is 9.47 Å². The first-order valence-corrected chi connectivity index (χ1v) is 7.79. The number of ether oxygens (including phenoxy) is 2. The first-order chi connectivity index (χ1) is 11.2. The molecule has 0 aliphatic carbocycles. The molecular weight excluding hydrogens is 315 g/mol. The number of nitrogens with zero attached hydrogens (tertiary/aromatic N) is 2. The van der Waals surface area contributed by atoms with Crippen LogP contribution >= 0.6 is 0 Å². The van der Waals surface area contributed by atoms with Gasteiger partial charge in [0.1, 0.15) is 17.5 Å². The average molecular weight is 338 g/mol. The van der Waals surface area contributed by atoms with E-state index < -0.39 is 17.7 Å². The second-order valence-corrected chi connectivity index (χ2v) is 6.64. The maximum absolute atomic E-state index is 13.0. The highest BCUT2D eigenvalue weighted by Crippen LogP contribution is 2.19. The largest absolute Gasteiger partial charge is 0.444 e. The zero-order chi connectivity index (χ0) is 17.9. The lowest BCUT2D eigenvalue weighted by Crippen LogP contribution is -2.57. The van der Waals surface area contributed by atoms with Crippen LogP contribution in [0.2, 0.25) is 0 Å². The number of halogens is 1. The monoisotopic (exact) mass is 338 g/mol. The van der Waals surface area contributed by atoms with E-state index in [0.29, 0.717) is 12.3 Å². The molecule has 24 heavy (non-hydrogen) atoms. The third-order valence-electron chi connectivity index (χ3n) is 3.59. The molecule has 0 N–H and O–H groups in total. The Kier molecular flexibility index (Phi) is 5.43. The van der Waals surface area contributed by atoms with E-state index >= 15 is 0 Å². The third-order valence-corrected chi connectivity index (χ3v) is 3.59. The van der Waals surface area contributed by atoms with Crippen LogP contribution in [0.25, 0.3) is 0 Å². The zero-order valence-electron chi connectivity index (χ0n) is 14.4. The van der Waals surface area contributed by atoms with Crippen LogP contribution in [-0.2, 0) is 14.3 Å². The number of hydrogen-bond acceptors (Lipinski definition) is 4. The number of hydrogen-bond donors (Lipinski definition) is 0. The number of carbonyl (C=O) groups excluding carboxylic acids is 2. The molecule has 1 aromatic rings. The zero-order valence-corrected chi connectivity index (χ0v) is 14.4. The smallest absolute Gasteiger partial charge is 0.411 e. The normalized spacial score (nSPS) is 18.2. The van der Waals surface area contributed by atoms with Crippen LogP contribution in [0.3, 0.4) is 0 Å². The SMILES string of the molecule is CN(C(=O)C1COCCN1C(=O)OC(C)(C)C)c1ccc(F)cc1. The van der Waals surface area contributed by atoms with E-state index in [1.807, 2.05) is 0 Å². The Morgan fingerprint density at radius 2 is 1.92 bits per heavy atom. The quantitative estimate of drug-likeness (QED) is 0.831. The maximum atomic E-state index is 13.0. The molecule has 132 valence electrons. The lowest BCUT2D eigenvalue weighted by Gasteiger charge is -2.37. The van der Waals surface area contributed by atoms with Crippen LogP contribution in [0.5, 0.6) is 0 Å². The molecule has 0 bridgehead atoms. The van der Waals surface area contributed by atoms with Gasteiger partial charge >= 0.3 is 6.09 Å². The summed E-state index contributed by atoms with van der Waals surface area (Å²) in [5, 5.41) is 0. The van der Waals surface area contributed by atoms with Gasteiger partial charge in [0.05, 0.1) is 13.2 Å². The highest BCUT2D eigenvalue weighted by molar-refractivity contribution is 5.98. The molecule has 0 spiro atoms. The van der Waals surface area contributed by atoms with E-state index in [1.54, 1.807) is 27.8 Å². The van der Waals surface area contributed by atoms with E-state index in [9.17, 15) is 14.0 Å². The number of carbonyl (C=O) groups is 2. The molecule has 1 aliphatic heterocycles. The van der Waals surface area contributed by atoms with Crippen molar-refractivity contribution in [2.24, 2.45) is 0 Å². The Labute approximate surface area is 141 Å². The summed E-state index contributed by atoms with van der Waals surface area (Å²) in [7, 11) is 1.58. The summed E-state index contributed by atoms with van der Waals surface area (Å²) in [4.78, 5) is 27.9. The highest BCUT2D eigenvalue weighted by Gasteiger charge is 2.37. The van der Waals surface area contributed by atoms with E-state index in [2.05, 4.69) is 0 Å². The van der Waals surface area contributed by atoms with Crippen LogP contribution < -0.4 is 4.90 Å². The van der Waals surface area contributed by atoms with Gasteiger partial charge in [-0.15, -0.1) is 0 Å². The number of likely N-dealkylation sites (N-methyl/N-ethyl adjacent to an activating group) is 1. The van der Waals surface area contributed by atoms with Gasteiger partial charge in [0.15, 0.2) is 0 Å². The number of benzene rings is 1. The van der Waals surface area contributed by atoms with Crippen molar-refractivity contribution in [2.75, 3.05) is 31.7 Å². The van der Waals surface area contributed by atoms with E-state index in [0.717, 1.165) is 0 Å². The number of morpholine rings is 1. The van der Waals surface area contributed by atoms with E-state index in [-0.39, 0.29) is 24.9 Å². The van der Waals surface area contributed by atoms with Crippen LogP contribution in [0.4, 0.5) is 14.9 Å². The Morgan fingerprint density at radius 1 is 1.29 bits per heavy atom. The minimum absolute atomic E-state index is 0.101. The third kappa shape index (κ3) is 4.44. The molecule has 6 nitrogen and oxygen atoms in total. The molecule has 0 radical (unpaired) electrons. The minimum Gasteiger partial charge on any atom is -0.444 e. The standard InChI is InChI=1S/C17H23FN2O4/c1-17(2,3)24-16(22)20-9-10-23-11-14(20)15(21)19(4)13-7-5-12(18)6-8-13/h5-8,14H,9-11H2,1-4H3. The molecule has 1 saturated heterocycles. The van der Waals surface area contributed by atoms with Crippen molar-refractivity contribution in [3.63, 3.8) is 0 Å². The number of rotatable bonds is 2. The maximum Gasteiger partial charge on any atom is 0.411 e. The van der Waals surface area contributed by atoms with Gasteiger partial charge in [-0.2, -0.15) is 0 Å². The van der Waals surface area contributed by atoms with Crippen LogP contribution in [-0.4, -0.2) is 55.3 Å². The number of amides is 2. The fraction of sp³-hybridized carbons (Fsp3) is 0.529. The summed E-state index contributed by atoms with van der Waals surface area (Å²) >= 11 is 0. The molecule has 2 amide bonds. The Hall–Kier alpha value is -2.15. The van der Waals surface area contributed by atoms with Crippen molar-refractivity contribution < 1.29 is 23.5 Å². The molecule has 1 aliphatic rings. The summed E-state index contributed by atoms with van der Waals surface area (Å²) in [5.41, 5.74) is -0.109. The minimum atomic E-state index is -0.774. The molecule has 1 aromatic carbocycles. The summed E-state index contributed by atoms with van der Waals surface area (Å²) in [6.07, 6.45) is -0.545. The molecule has 0 saturated carbocycles. The van der Waals surface area contributed by atoms with Crippen molar-refractivity contribution in [3.8, 4) is 0 Å². The predicted octanol–water partition coefficient (Wildman–Crippen LogP) is 2.42. The van der Waals surface area contributed by atoms with Crippen LogP contribution in [0, 0.1) is 5.82 Å². The second kappa shape index (κ2) is 7.17. The fourth-order valence-corrected chi connectivity index (χ4v) is 2.36. The molecule has 1 atom stereocenters. The molecule has 2 rings (SSSR count). The summed E-state index contributed by atoms with van der Waals surface area (Å²) in [5.74, 6) is -0.692. The van der Waals surface area contributed by atoms with Crippen molar-refractivity contribution in [1.29, 1.82) is 0 Å². The van der Waals surface area contributed by atoms with Crippen molar-refractivity contribution in [2.45, 2.75) is 32.4 Å². The summed E-state index contributed by atoms with van der Waals surface area (Å²) in [6.45, 7) is 6.04. The van der Waals surface area contributed by atoms with Crippen molar-refractivity contribution >= 4 is 17.7 Å². The lowest BCUT2D eigenvalue weighted by molar-refractivity contribution is -0.129. The second-order valence-electron chi connectivity index (χ2n) is 6.64. The van der Waals surface area contributed by atoms with Crippen molar-refractivity contribution in [3.05, 3.63) is 30.1 Å². The molecule has 1 fully saturated rings. The Morgan fingerprint density at radius 3 is 2.50 bits per heavy atom. The lowest BCUT2D eigenvalue weighted by atomic mass is 10.2. The summed E-state index contributed by atoms with van der Waals surface area (Å²) in [6, 6.07) is 4.80. The van der Waals surface area contributed by atoms with Gasteiger partial charge in [0, 0.05) is 19.3 Å². The first-order valence-electron chi connectivity index (χ1n) is 7.79. The molecule has 0 aromatic heterocycles. The predicted molar refractivity (Wildman–Crippen MR) is 87.4 cm³/mol. The Bertz CT molecular complexity index is 598. The van der Waals surface area contributed by atoms with Gasteiger partial charge in [0.2, 0.25) is 0 Å². The molecule has 7 heteroatoms. The van der Waals surface area contributed by atoms with Crippen molar-refractivity contribution in [1.82, 2.24) is 4.90 Å². The van der Waals surface area contributed by atoms with E-state index in [1.165, 1.54) is 34.1 Å². The fourth-order valence-electron chi connectivity index (χ4n) is 2.36. The topological polar surface area (TPSA) is 59.1 Å². The van der Waals surface area contributed by atoms with Crippen LogP contribution in [0.1, 0.15) is 20.8 Å². The molecular formula is C17H23FN2O4. The highest BCUT2D eigenvalue weighted by atomic mass is 19.1.